The SMILES string of the molecule is COc1c(Br)cn(C)c(=O)c1C#N. The number of halogens is 1. The van der Waals surface area contributed by atoms with Gasteiger partial charge < -0.3 is 9.30 Å². The van der Waals surface area contributed by atoms with Gasteiger partial charge in [-0.3, -0.25) is 4.79 Å². The van der Waals surface area contributed by atoms with Crippen LogP contribution in [0.15, 0.2) is 15.5 Å². The molecule has 5 heteroatoms. The van der Waals surface area contributed by atoms with Gasteiger partial charge in [0.2, 0.25) is 0 Å². The first kappa shape index (κ1) is 9.81. The first-order chi connectivity index (χ1) is 6.11. The van der Waals surface area contributed by atoms with Crippen molar-refractivity contribution in [3.63, 3.8) is 0 Å². The summed E-state index contributed by atoms with van der Waals surface area (Å²) in [7, 11) is 2.99. The van der Waals surface area contributed by atoms with Crippen LogP contribution in [0, 0.1) is 11.3 Å². The molecule has 0 saturated carbocycles. The lowest BCUT2D eigenvalue weighted by Crippen LogP contribution is -2.20. The summed E-state index contributed by atoms with van der Waals surface area (Å²) in [4.78, 5) is 11.4. The zero-order valence-corrected chi connectivity index (χ0v) is 8.75. The van der Waals surface area contributed by atoms with Gasteiger partial charge in [0, 0.05) is 13.2 Å². The van der Waals surface area contributed by atoms with E-state index in [-0.39, 0.29) is 16.9 Å². The van der Waals surface area contributed by atoms with Gasteiger partial charge in [-0.1, -0.05) is 0 Å². The highest BCUT2D eigenvalue weighted by Crippen LogP contribution is 2.25. The standard InChI is InChI=1S/C8H7BrN2O2/c1-11-4-6(9)7(13-2)5(3-10)8(11)12/h4H,1-2H3. The second kappa shape index (κ2) is 3.62. The molecule has 0 radical (unpaired) electrons. The van der Waals surface area contributed by atoms with Crippen molar-refractivity contribution in [2.24, 2.45) is 7.05 Å². The van der Waals surface area contributed by atoms with Crippen LogP contribution in [0.5, 0.6) is 5.75 Å². The molecule has 0 unspecified atom stereocenters. The van der Waals surface area contributed by atoms with Gasteiger partial charge in [0.05, 0.1) is 11.6 Å². The Hall–Kier alpha value is -1.28. The monoisotopic (exact) mass is 242 g/mol. The number of nitrogens with zero attached hydrogens (tertiary/aromatic N) is 2. The third-order valence-corrected chi connectivity index (χ3v) is 2.17. The molecule has 0 atom stereocenters. The molecule has 0 aliphatic carbocycles. The molecule has 0 amide bonds. The molecule has 4 nitrogen and oxygen atoms in total. The smallest absolute Gasteiger partial charge is 0.272 e. The van der Waals surface area contributed by atoms with Crippen molar-refractivity contribution in [1.82, 2.24) is 4.57 Å². The molecule has 1 heterocycles. The highest BCUT2D eigenvalue weighted by molar-refractivity contribution is 9.10. The summed E-state index contributed by atoms with van der Waals surface area (Å²) in [6.45, 7) is 0. The Labute approximate surface area is 83.5 Å². The molecule has 0 fully saturated rings. The van der Waals surface area contributed by atoms with Crippen molar-refractivity contribution in [3.8, 4) is 11.8 Å². The third-order valence-electron chi connectivity index (χ3n) is 1.60. The Morgan fingerprint density at radius 3 is 2.77 bits per heavy atom. The number of aromatic nitrogens is 1. The maximum absolute atomic E-state index is 11.4. The van der Waals surface area contributed by atoms with Crippen molar-refractivity contribution in [2.75, 3.05) is 7.11 Å². The Bertz CT molecular complexity index is 431. The van der Waals surface area contributed by atoms with E-state index in [4.69, 9.17) is 10.00 Å². The molecule has 0 spiro atoms. The fraction of sp³-hybridized carbons (Fsp3) is 0.250. The quantitative estimate of drug-likeness (QED) is 0.740. The maximum atomic E-state index is 11.4. The van der Waals surface area contributed by atoms with Crippen molar-refractivity contribution in [2.45, 2.75) is 0 Å². The number of rotatable bonds is 1. The van der Waals surface area contributed by atoms with Crippen molar-refractivity contribution in [1.29, 1.82) is 5.26 Å². The Morgan fingerprint density at radius 2 is 2.31 bits per heavy atom. The summed E-state index contributed by atoms with van der Waals surface area (Å²) < 4.78 is 6.84. The van der Waals surface area contributed by atoms with Crippen LogP contribution >= 0.6 is 15.9 Å². The minimum absolute atomic E-state index is 0.0133. The predicted octanol–water partition coefficient (Wildman–Crippen LogP) is 1.03. The first-order valence-corrected chi connectivity index (χ1v) is 4.24. The second-order valence-electron chi connectivity index (χ2n) is 2.41. The van der Waals surface area contributed by atoms with Crippen LogP contribution in [0.25, 0.3) is 0 Å². The number of hydrogen-bond donors (Lipinski definition) is 0. The maximum Gasteiger partial charge on any atom is 0.272 e. The number of ether oxygens (including phenoxy) is 1. The lowest BCUT2D eigenvalue weighted by molar-refractivity contribution is 0.408. The molecule has 1 aromatic rings. The van der Waals surface area contributed by atoms with E-state index < -0.39 is 0 Å². The normalized spacial score (nSPS) is 9.38. The molecule has 68 valence electrons. The van der Waals surface area contributed by atoms with Crippen LogP contribution in [0.1, 0.15) is 5.56 Å². The predicted molar refractivity (Wildman–Crippen MR) is 50.7 cm³/mol. The summed E-state index contributed by atoms with van der Waals surface area (Å²) in [6, 6.07) is 1.81. The van der Waals surface area contributed by atoms with Crippen LogP contribution in [0.2, 0.25) is 0 Å². The highest BCUT2D eigenvalue weighted by Gasteiger charge is 2.12. The first-order valence-electron chi connectivity index (χ1n) is 3.45. The van der Waals surface area contributed by atoms with Gasteiger partial charge in [0.25, 0.3) is 5.56 Å². The lowest BCUT2D eigenvalue weighted by Gasteiger charge is -2.06. The van der Waals surface area contributed by atoms with Crippen LogP contribution in [-0.4, -0.2) is 11.7 Å². The second-order valence-corrected chi connectivity index (χ2v) is 3.27. The molecule has 13 heavy (non-hydrogen) atoms. The molecule has 1 aromatic heterocycles. The Kier molecular flexibility index (Phi) is 2.73. The molecular weight excluding hydrogens is 236 g/mol. The molecule has 0 saturated heterocycles. The largest absolute Gasteiger partial charge is 0.494 e. The fourth-order valence-corrected chi connectivity index (χ4v) is 1.65. The van der Waals surface area contributed by atoms with Gasteiger partial charge in [-0.15, -0.1) is 0 Å². The van der Waals surface area contributed by atoms with Crippen molar-refractivity contribution < 1.29 is 4.74 Å². The highest BCUT2D eigenvalue weighted by atomic mass is 79.9. The van der Waals surface area contributed by atoms with Crippen molar-refractivity contribution >= 4 is 15.9 Å². The van der Waals surface area contributed by atoms with E-state index in [2.05, 4.69) is 15.9 Å². The van der Waals surface area contributed by atoms with Crippen LogP contribution < -0.4 is 10.3 Å². The Balaban J connectivity index is 3.64. The van der Waals surface area contributed by atoms with E-state index in [0.717, 1.165) is 0 Å². The van der Waals surface area contributed by atoms with E-state index in [1.165, 1.54) is 11.7 Å². The molecule has 0 N–H and O–H groups in total. The van der Waals surface area contributed by atoms with E-state index in [1.807, 2.05) is 6.07 Å². The number of hydrogen-bond acceptors (Lipinski definition) is 3. The third kappa shape index (κ3) is 1.58. The minimum atomic E-state index is -0.359. The summed E-state index contributed by atoms with van der Waals surface area (Å²) in [5.41, 5.74) is -0.345. The van der Waals surface area contributed by atoms with E-state index in [9.17, 15) is 4.79 Å². The van der Waals surface area contributed by atoms with E-state index in [1.54, 1.807) is 13.2 Å². The summed E-state index contributed by atoms with van der Waals surface area (Å²) in [5.74, 6) is 0.283. The van der Waals surface area contributed by atoms with Crippen molar-refractivity contribution in [3.05, 3.63) is 26.6 Å². The van der Waals surface area contributed by atoms with Gasteiger partial charge >= 0.3 is 0 Å². The van der Waals surface area contributed by atoms with E-state index in [0.29, 0.717) is 4.47 Å². The molecule has 0 aliphatic heterocycles. The molecule has 0 bridgehead atoms. The summed E-state index contributed by atoms with van der Waals surface area (Å²) in [5, 5.41) is 8.72. The molecular formula is C8H7BrN2O2. The van der Waals surface area contributed by atoms with Gasteiger partial charge in [-0.05, 0) is 15.9 Å². The molecule has 0 aromatic carbocycles. The molecule has 1 rings (SSSR count). The van der Waals surface area contributed by atoms with Crippen LogP contribution in [0.3, 0.4) is 0 Å². The zero-order chi connectivity index (χ0) is 10.0. The van der Waals surface area contributed by atoms with Crippen LogP contribution in [0.4, 0.5) is 0 Å². The topological polar surface area (TPSA) is 55.0 Å². The summed E-state index contributed by atoms with van der Waals surface area (Å²) >= 11 is 3.20. The number of aryl methyl sites for hydroxylation is 1. The lowest BCUT2D eigenvalue weighted by atomic mass is 10.3. The summed E-state index contributed by atoms with van der Waals surface area (Å²) in [6.07, 6.45) is 1.56. The van der Waals surface area contributed by atoms with Gasteiger partial charge in [0.1, 0.15) is 6.07 Å². The molecule has 0 aliphatic rings. The number of methoxy groups -OCH3 is 1. The van der Waals surface area contributed by atoms with E-state index >= 15 is 0 Å². The number of pyridine rings is 1. The average Bonchev–Trinajstić information content (AvgIpc) is 2.10. The minimum Gasteiger partial charge on any atom is -0.494 e. The zero-order valence-electron chi connectivity index (χ0n) is 7.17. The average molecular weight is 243 g/mol. The van der Waals surface area contributed by atoms with Gasteiger partial charge in [-0.2, -0.15) is 5.26 Å². The van der Waals surface area contributed by atoms with Gasteiger partial charge in [-0.25, -0.2) is 0 Å². The number of nitriles is 1. The van der Waals surface area contributed by atoms with Gasteiger partial charge in [0.15, 0.2) is 11.3 Å². The Morgan fingerprint density at radius 1 is 1.69 bits per heavy atom. The fourth-order valence-electron chi connectivity index (χ4n) is 0.978. The van der Waals surface area contributed by atoms with Crippen LogP contribution in [-0.2, 0) is 7.05 Å².